The normalized spacial score (nSPS) is 12.6. The van der Waals surface area contributed by atoms with Crippen LogP contribution in [0.2, 0.25) is 5.02 Å². The van der Waals surface area contributed by atoms with Crippen molar-refractivity contribution in [2.75, 3.05) is 5.32 Å². The van der Waals surface area contributed by atoms with Gasteiger partial charge in [0.1, 0.15) is 11.6 Å². The van der Waals surface area contributed by atoms with Crippen LogP contribution in [-0.4, -0.2) is 20.7 Å². The van der Waals surface area contributed by atoms with Crippen LogP contribution in [0.15, 0.2) is 60.0 Å². The lowest BCUT2D eigenvalue weighted by Crippen LogP contribution is -2.20. The zero-order valence-electron chi connectivity index (χ0n) is 14.4. The highest BCUT2D eigenvalue weighted by Crippen LogP contribution is 2.37. The van der Waals surface area contributed by atoms with E-state index in [1.807, 2.05) is 0 Å². The molecule has 3 aromatic rings. The molecule has 0 aliphatic heterocycles. The number of halogens is 4. The monoisotopic (exact) mass is 426 g/mol. The van der Waals surface area contributed by atoms with Gasteiger partial charge in [-0.3, -0.25) is 4.79 Å². The number of benzene rings is 2. The van der Waals surface area contributed by atoms with Crippen molar-refractivity contribution in [1.82, 2.24) is 14.8 Å². The number of carbonyl (C=O) groups excluding carboxylic acids is 1. The smallest absolute Gasteiger partial charge is 0.323 e. The van der Waals surface area contributed by atoms with E-state index in [1.54, 1.807) is 41.9 Å². The van der Waals surface area contributed by atoms with Crippen LogP contribution >= 0.6 is 23.4 Å². The van der Waals surface area contributed by atoms with Crippen molar-refractivity contribution in [3.63, 3.8) is 0 Å². The lowest BCUT2D eigenvalue weighted by molar-refractivity contribution is -0.137. The summed E-state index contributed by atoms with van der Waals surface area (Å²) in [6, 6.07) is 11.6. The van der Waals surface area contributed by atoms with Crippen LogP contribution in [0.1, 0.15) is 16.4 Å². The number of nitrogens with zero attached hydrogens (tertiary/aromatic N) is 3. The highest BCUT2D eigenvalue weighted by atomic mass is 35.5. The maximum atomic E-state index is 13.0. The van der Waals surface area contributed by atoms with E-state index in [-0.39, 0.29) is 10.7 Å². The van der Waals surface area contributed by atoms with Crippen molar-refractivity contribution in [3.05, 3.63) is 71.0 Å². The molecule has 10 heteroatoms. The molecule has 1 N–H and O–H groups in total. The predicted octanol–water partition coefficient (Wildman–Crippen LogP) is 4.96. The molecule has 146 valence electrons. The molecular formula is C18H14ClF3N4OS. The molecule has 1 atom stereocenters. The zero-order chi connectivity index (χ0) is 20.3. The molecular weight excluding hydrogens is 413 g/mol. The van der Waals surface area contributed by atoms with Crippen molar-refractivity contribution in [3.8, 4) is 0 Å². The molecule has 2 aromatic carbocycles. The lowest BCUT2D eigenvalue weighted by atomic mass is 10.1. The van der Waals surface area contributed by atoms with Crippen molar-refractivity contribution in [1.29, 1.82) is 0 Å². The van der Waals surface area contributed by atoms with Crippen LogP contribution in [0.5, 0.6) is 0 Å². The van der Waals surface area contributed by atoms with Gasteiger partial charge in [0.2, 0.25) is 5.91 Å². The van der Waals surface area contributed by atoms with Gasteiger partial charge in [-0.15, -0.1) is 10.2 Å². The fourth-order valence-corrected chi connectivity index (χ4v) is 3.52. The Kier molecular flexibility index (Phi) is 5.95. The van der Waals surface area contributed by atoms with Crippen LogP contribution in [-0.2, 0) is 18.0 Å². The molecule has 0 spiro atoms. The highest BCUT2D eigenvalue weighted by molar-refractivity contribution is 8.00. The minimum Gasteiger partial charge on any atom is -0.323 e. The molecule has 1 amide bonds. The quantitative estimate of drug-likeness (QED) is 0.586. The number of rotatable bonds is 5. The van der Waals surface area contributed by atoms with Crippen LogP contribution in [0.4, 0.5) is 18.9 Å². The Morgan fingerprint density at radius 3 is 2.54 bits per heavy atom. The number of carbonyl (C=O) groups is 1. The summed E-state index contributed by atoms with van der Waals surface area (Å²) in [4.78, 5) is 12.9. The first-order valence-corrected chi connectivity index (χ1v) is 9.24. The van der Waals surface area contributed by atoms with Gasteiger partial charge in [-0.2, -0.15) is 13.2 Å². The van der Waals surface area contributed by atoms with E-state index < -0.39 is 22.9 Å². The first kappa shape index (κ1) is 20.2. The predicted molar refractivity (Wildman–Crippen MR) is 101 cm³/mol. The highest BCUT2D eigenvalue weighted by Gasteiger charge is 2.32. The Morgan fingerprint density at radius 2 is 1.93 bits per heavy atom. The number of amides is 1. The molecule has 0 fully saturated rings. The number of thioether (sulfide) groups is 1. The van der Waals surface area contributed by atoms with Crippen LogP contribution in [0.3, 0.4) is 0 Å². The van der Waals surface area contributed by atoms with E-state index in [0.29, 0.717) is 10.7 Å². The van der Waals surface area contributed by atoms with Gasteiger partial charge in [0.05, 0.1) is 16.3 Å². The van der Waals surface area contributed by atoms with Gasteiger partial charge in [-0.25, -0.2) is 0 Å². The standard InChI is InChI=1S/C18H14ClF3N4OS/c1-26-10-23-25-17(26)28-15(11-5-3-2-4-6-11)16(27)24-14-9-12(18(20,21)22)7-8-13(14)19/h2-10,15H,1H3,(H,24,27). The topological polar surface area (TPSA) is 59.8 Å². The summed E-state index contributed by atoms with van der Waals surface area (Å²) in [5.41, 5.74) is -0.346. The van der Waals surface area contributed by atoms with Gasteiger partial charge in [-0.05, 0) is 23.8 Å². The molecule has 28 heavy (non-hydrogen) atoms. The second kappa shape index (κ2) is 8.24. The molecule has 3 rings (SSSR count). The van der Waals surface area contributed by atoms with Gasteiger partial charge in [0.25, 0.3) is 0 Å². The Morgan fingerprint density at radius 1 is 1.21 bits per heavy atom. The molecule has 1 heterocycles. The number of hydrogen-bond donors (Lipinski definition) is 1. The average molecular weight is 427 g/mol. The molecule has 0 aliphatic rings. The summed E-state index contributed by atoms with van der Waals surface area (Å²) < 4.78 is 40.6. The number of nitrogens with one attached hydrogen (secondary N) is 1. The summed E-state index contributed by atoms with van der Waals surface area (Å²) >= 11 is 7.12. The first-order valence-electron chi connectivity index (χ1n) is 7.99. The third-order valence-corrected chi connectivity index (χ3v) is 5.42. The Bertz CT molecular complexity index is 978. The maximum absolute atomic E-state index is 13.0. The number of anilines is 1. The van der Waals surface area contributed by atoms with Gasteiger partial charge < -0.3 is 9.88 Å². The van der Waals surface area contributed by atoms with Gasteiger partial charge in [-0.1, -0.05) is 53.7 Å². The van der Waals surface area contributed by atoms with Crippen LogP contribution in [0, 0.1) is 0 Å². The summed E-state index contributed by atoms with van der Waals surface area (Å²) in [6.07, 6.45) is -3.05. The third-order valence-electron chi connectivity index (χ3n) is 3.79. The van der Waals surface area contributed by atoms with Crippen LogP contribution in [0.25, 0.3) is 0 Å². The molecule has 1 aromatic heterocycles. The molecule has 0 radical (unpaired) electrons. The van der Waals surface area contributed by atoms with Gasteiger partial charge in [0, 0.05) is 7.05 Å². The zero-order valence-corrected chi connectivity index (χ0v) is 16.0. The summed E-state index contributed by atoms with van der Waals surface area (Å²) in [5.74, 6) is -0.527. The minimum atomic E-state index is -4.55. The largest absolute Gasteiger partial charge is 0.416 e. The summed E-state index contributed by atoms with van der Waals surface area (Å²) in [6.45, 7) is 0. The molecule has 0 saturated heterocycles. The second-order valence-electron chi connectivity index (χ2n) is 5.81. The van der Waals surface area contributed by atoms with Crippen molar-refractivity contribution in [2.45, 2.75) is 16.6 Å². The minimum absolute atomic E-state index is 0.0109. The molecule has 1 unspecified atom stereocenters. The number of aromatic nitrogens is 3. The lowest BCUT2D eigenvalue weighted by Gasteiger charge is -2.18. The van der Waals surface area contributed by atoms with Crippen molar-refractivity contribution >= 4 is 35.0 Å². The van der Waals surface area contributed by atoms with E-state index in [4.69, 9.17) is 11.6 Å². The fraction of sp³-hybridized carbons (Fsp3) is 0.167. The number of aryl methyl sites for hydroxylation is 1. The first-order chi connectivity index (χ1) is 13.3. The molecule has 0 aliphatic carbocycles. The third kappa shape index (κ3) is 4.66. The molecule has 5 nitrogen and oxygen atoms in total. The van der Waals surface area contributed by atoms with Crippen molar-refractivity contribution < 1.29 is 18.0 Å². The van der Waals surface area contributed by atoms with Gasteiger partial charge in [0.15, 0.2) is 5.16 Å². The van der Waals surface area contributed by atoms with E-state index in [1.165, 1.54) is 6.33 Å². The average Bonchev–Trinajstić information content (AvgIpc) is 3.06. The van der Waals surface area contributed by atoms with E-state index in [2.05, 4.69) is 15.5 Å². The molecule has 0 bridgehead atoms. The SMILES string of the molecule is Cn1cnnc1SC(C(=O)Nc1cc(C(F)(F)F)ccc1Cl)c1ccccc1. The van der Waals surface area contributed by atoms with E-state index in [9.17, 15) is 18.0 Å². The summed E-state index contributed by atoms with van der Waals surface area (Å²) in [7, 11) is 1.73. The van der Waals surface area contributed by atoms with Crippen LogP contribution < -0.4 is 5.32 Å². The Hall–Kier alpha value is -2.52. The fourth-order valence-electron chi connectivity index (χ4n) is 2.38. The van der Waals surface area contributed by atoms with E-state index >= 15 is 0 Å². The van der Waals surface area contributed by atoms with Gasteiger partial charge >= 0.3 is 6.18 Å². The summed E-state index contributed by atoms with van der Waals surface area (Å²) in [5, 5.41) is 9.97. The maximum Gasteiger partial charge on any atom is 0.416 e. The van der Waals surface area contributed by atoms with Crippen molar-refractivity contribution in [2.24, 2.45) is 7.05 Å². The Labute approximate surface area is 167 Å². The molecule has 0 saturated carbocycles. The second-order valence-corrected chi connectivity index (χ2v) is 7.29. The Balaban J connectivity index is 1.91. The van der Waals surface area contributed by atoms with E-state index in [0.717, 1.165) is 30.0 Å². The number of alkyl halides is 3. The number of hydrogen-bond acceptors (Lipinski definition) is 4.